The van der Waals surface area contributed by atoms with Crippen LogP contribution in [0.25, 0.3) is 0 Å². The molecule has 1 aliphatic carbocycles. The first-order valence-corrected chi connectivity index (χ1v) is 11.6. The lowest BCUT2D eigenvalue weighted by Gasteiger charge is -2.28. The summed E-state index contributed by atoms with van der Waals surface area (Å²) in [4.78, 5) is 25.6. The highest BCUT2D eigenvalue weighted by atomic mass is 16.5. The maximum Gasteiger partial charge on any atom is 0.308 e. The van der Waals surface area contributed by atoms with E-state index in [9.17, 15) is 4.79 Å². The van der Waals surface area contributed by atoms with Gasteiger partial charge in [0.2, 0.25) is 5.88 Å². The normalized spacial score (nSPS) is 20.3. The molecule has 1 saturated carbocycles. The monoisotopic (exact) mass is 441 g/mol. The van der Waals surface area contributed by atoms with Gasteiger partial charge in [-0.15, -0.1) is 0 Å². The van der Waals surface area contributed by atoms with E-state index in [0.29, 0.717) is 30.8 Å². The van der Waals surface area contributed by atoms with E-state index in [4.69, 9.17) is 14.2 Å². The summed E-state index contributed by atoms with van der Waals surface area (Å²) in [6.07, 6.45) is 7.12. The molecule has 7 nitrogen and oxygen atoms in total. The average molecular weight is 442 g/mol. The topological polar surface area (TPSA) is 83.4 Å². The van der Waals surface area contributed by atoms with E-state index in [2.05, 4.69) is 28.8 Å². The molecule has 0 amide bonds. The van der Waals surface area contributed by atoms with Crippen LogP contribution in [0.1, 0.15) is 75.4 Å². The Hall–Kier alpha value is -2.70. The van der Waals surface area contributed by atoms with Gasteiger partial charge < -0.3 is 14.2 Å². The third-order valence-corrected chi connectivity index (χ3v) is 6.49. The van der Waals surface area contributed by atoms with Gasteiger partial charge >= 0.3 is 5.97 Å². The summed E-state index contributed by atoms with van der Waals surface area (Å²) in [7, 11) is 1.64. The Morgan fingerprint density at radius 1 is 1.12 bits per heavy atom. The highest BCUT2D eigenvalue weighted by molar-refractivity contribution is 5.72. The number of esters is 1. The standard InChI is InChI=1S/C25H35N3O4/c1-6-31-25(29)20-9-7-19(8-10-20)22-14-26-18(4)28-24(22)32-15-16(2)17(3)23-12-11-21(30-5)13-27-23/h11-14,16-17,19-20H,6-10,15H2,1-5H3/t16-,17+,19?,20?/m1/s1. The van der Waals surface area contributed by atoms with Crippen LogP contribution < -0.4 is 9.47 Å². The van der Waals surface area contributed by atoms with Gasteiger partial charge in [0.1, 0.15) is 11.6 Å². The van der Waals surface area contributed by atoms with Crippen LogP contribution in [-0.2, 0) is 9.53 Å². The molecule has 1 fully saturated rings. The predicted octanol–water partition coefficient (Wildman–Crippen LogP) is 4.84. The maximum absolute atomic E-state index is 12.1. The Kier molecular flexibility index (Phi) is 8.42. The minimum absolute atomic E-state index is 0.000182. The number of hydrogen-bond donors (Lipinski definition) is 0. The lowest BCUT2D eigenvalue weighted by Crippen LogP contribution is -2.24. The zero-order valence-electron chi connectivity index (χ0n) is 19.8. The minimum atomic E-state index is -0.0717. The molecule has 0 saturated heterocycles. The Labute approximate surface area is 190 Å². The molecule has 2 heterocycles. The molecule has 2 atom stereocenters. The maximum atomic E-state index is 12.1. The number of ether oxygens (including phenoxy) is 3. The Morgan fingerprint density at radius 3 is 2.50 bits per heavy atom. The summed E-state index contributed by atoms with van der Waals surface area (Å²) < 4.78 is 16.6. The first kappa shape index (κ1) is 24.0. The van der Waals surface area contributed by atoms with Crippen molar-refractivity contribution in [1.82, 2.24) is 15.0 Å². The quantitative estimate of drug-likeness (QED) is 0.515. The Balaban J connectivity index is 1.63. The molecule has 0 aliphatic heterocycles. The van der Waals surface area contributed by atoms with Crippen molar-refractivity contribution in [2.75, 3.05) is 20.3 Å². The van der Waals surface area contributed by atoms with E-state index in [1.54, 1.807) is 13.3 Å². The molecule has 174 valence electrons. The SMILES string of the molecule is CCOC(=O)C1CCC(c2cnc(C)nc2OC[C@@H](C)[C@H](C)c2ccc(OC)cn2)CC1. The van der Waals surface area contributed by atoms with Crippen molar-refractivity contribution in [3.8, 4) is 11.6 Å². The number of carbonyl (C=O) groups excluding carboxylic acids is 1. The van der Waals surface area contributed by atoms with E-state index >= 15 is 0 Å². The molecule has 0 N–H and O–H groups in total. The number of methoxy groups -OCH3 is 1. The molecular weight excluding hydrogens is 406 g/mol. The van der Waals surface area contributed by atoms with Crippen molar-refractivity contribution < 1.29 is 19.0 Å². The first-order valence-electron chi connectivity index (χ1n) is 11.6. The average Bonchev–Trinajstić information content (AvgIpc) is 2.82. The number of carbonyl (C=O) groups is 1. The van der Waals surface area contributed by atoms with Gasteiger partial charge in [0, 0.05) is 23.4 Å². The van der Waals surface area contributed by atoms with Crippen LogP contribution in [0.3, 0.4) is 0 Å². The van der Waals surface area contributed by atoms with Gasteiger partial charge in [-0.2, -0.15) is 4.98 Å². The highest BCUT2D eigenvalue weighted by Gasteiger charge is 2.30. The van der Waals surface area contributed by atoms with Gasteiger partial charge in [-0.1, -0.05) is 13.8 Å². The van der Waals surface area contributed by atoms with Gasteiger partial charge in [-0.3, -0.25) is 9.78 Å². The fourth-order valence-electron chi connectivity index (χ4n) is 4.18. The fourth-order valence-corrected chi connectivity index (χ4v) is 4.18. The van der Waals surface area contributed by atoms with Crippen molar-refractivity contribution in [3.63, 3.8) is 0 Å². The van der Waals surface area contributed by atoms with Crippen LogP contribution in [0.2, 0.25) is 0 Å². The fraction of sp³-hybridized carbons (Fsp3) is 0.600. The summed E-state index contributed by atoms with van der Waals surface area (Å²) in [5.74, 6) is 2.82. The molecule has 0 aromatic carbocycles. The minimum Gasteiger partial charge on any atom is -0.495 e. The second-order valence-corrected chi connectivity index (χ2v) is 8.68. The van der Waals surface area contributed by atoms with E-state index in [0.717, 1.165) is 42.7 Å². The number of pyridine rings is 1. The van der Waals surface area contributed by atoms with Gasteiger partial charge in [-0.25, -0.2) is 4.98 Å². The highest BCUT2D eigenvalue weighted by Crippen LogP contribution is 2.39. The lowest BCUT2D eigenvalue weighted by molar-refractivity contribution is -0.149. The van der Waals surface area contributed by atoms with Crippen molar-refractivity contribution >= 4 is 5.97 Å². The van der Waals surface area contributed by atoms with Crippen molar-refractivity contribution in [2.24, 2.45) is 11.8 Å². The number of aryl methyl sites for hydroxylation is 1. The zero-order chi connectivity index (χ0) is 23.1. The van der Waals surface area contributed by atoms with Crippen LogP contribution in [0.5, 0.6) is 11.6 Å². The number of hydrogen-bond acceptors (Lipinski definition) is 7. The Morgan fingerprint density at radius 2 is 1.88 bits per heavy atom. The second-order valence-electron chi connectivity index (χ2n) is 8.68. The molecule has 2 aromatic heterocycles. The smallest absolute Gasteiger partial charge is 0.308 e. The molecule has 3 rings (SSSR count). The third-order valence-electron chi connectivity index (χ3n) is 6.49. The van der Waals surface area contributed by atoms with E-state index in [-0.39, 0.29) is 23.7 Å². The largest absolute Gasteiger partial charge is 0.495 e. The van der Waals surface area contributed by atoms with Crippen molar-refractivity contribution in [1.29, 1.82) is 0 Å². The van der Waals surface area contributed by atoms with Gasteiger partial charge in [0.05, 0.1) is 32.4 Å². The number of rotatable bonds is 9. The molecule has 2 aromatic rings. The molecule has 0 radical (unpaired) electrons. The van der Waals surface area contributed by atoms with Crippen LogP contribution in [0.4, 0.5) is 0 Å². The van der Waals surface area contributed by atoms with Crippen LogP contribution in [0, 0.1) is 18.8 Å². The van der Waals surface area contributed by atoms with Crippen LogP contribution >= 0.6 is 0 Å². The molecular formula is C25H35N3O4. The number of nitrogens with zero attached hydrogens (tertiary/aromatic N) is 3. The lowest BCUT2D eigenvalue weighted by atomic mass is 9.79. The zero-order valence-corrected chi connectivity index (χ0v) is 19.8. The summed E-state index contributed by atoms with van der Waals surface area (Å²) in [5, 5.41) is 0. The first-order chi connectivity index (χ1) is 15.4. The summed E-state index contributed by atoms with van der Waals surface area (Å²) in [6.45, 7) is 9.02. The molecule has 0 unspecified atom stereocenters. The van der Waals surface area contributed by atoms with Crippen molar-refractivity contribution in [2.45, 2.75) is 65.2 Å². The Bertz CT molecular complexity index is 879. The van der Waals surface area contributed by atoms with Gasteiger partial charge in [0.15, 0.2) is 0 Å². The summed E-state index contributed by atoms with van der Waals surface area (Å²) in [5.41, 5.74) is 2.05. The molecule has 0 bridgehead atoms. The third kappa shape index (κ3) is 5.96. The van der Waals surface area contributed by atoms with E-state index in [1.165, 1.54) is 0 Å². The summed E-state index contributed by atoms with van der Waals surface area (Å²) >= 11 is 0. The van der Waals surface area contributed by atoms with Gasteiger partial charge in [-0.05, 0) is 63.5 Å². The molecule has 1 aliphatic rings. The molecule has 0 spiro atoms. The van der Waals surface area contributed by atoms with Crippen molar-refractivity contribution in [3.05, 3.63) is 41.6 Å². The van der Waals surface area contributed by atoms with Crippen LogP contribution in [-0.4, -0.2) is 41.2 Å². The number of aromatic nitrogens is 3. The molecule has 7 heteroatoms. The van der Waals surface area contributed by atoms with Gasteiger partial charge in [0.25, 0.3) is 0 Å². The second kappa shape index (κ2) is 11.2. The predicted molar refractivity (Wildman–Crippen MR) is 122 cm³/mol. The molecule has 32 heavy (non-hydrogen) atoms. The van der Waals surface area contributed by atoms with E-state index in [1.807, 2.05) is 32.2 Å². The van der Waals surface area contributed by atoms with Crippen LogP contribution in [0.15, 0.2) is 24.5 Å². The van der Waals surface area contributed by atoms with E-state index < -0.39 is 0 Å². The summed E-state index contributed by atoms with van der Waals surface area (Å²) in [6, 6.07) is 3.94.